The Morgan fingerprint density at radius 1 is 1.45 bits per heavy atom. The van der Waals surface area contributed by atoms with E-state index in [0.717, 1.165) is 24.8 Å². The molecule has 0 aliphatic heterocycles. The number of aromatic nitrogens is 4. The minimum Gasteiger partial charge on any atom is -0.348 e. The Kier molecular flexibility index (Phi) is 5.23. The van der Waals surface area contributed by atoms with Crippen LogP contribution in [0.3, 0.4) is 0 Å². The Morgan fingerprint density at radius 2 is 2.35 bits per heavy atom. The van der Waals surface area contributed by atoms with Crippen molar-refractivity contribution in [2.45, 2.75) is 38.8 Å². The maximum atomic E-state index is 12.0. The van der Waals surface area contributed by atoms with Crippen LogP contribution >= 0.6 is 0 Å². The second kappa shape index (κ2) is 7.37. The molecule has 1 unspecified atom stereocenters. The SMILES string of the molecule is CCCCC(NC(=O)Cn1ccnn1)c1cccnc1. The lowest BCUT2D eigenvalue weighted by Crippen LogP contribution is -2.31. The molecule has 1 amide bonds. The zero-order valence-corrected chi connectivity index (χ0v) is 11.6. The molecular formula is C14H19N5O. The number of nitrogens with one attached hydrogen (secondary N) is 1. The fraction of sp³-hybridized carbons (Fsp3) is 0.429. The van der Waals surface area contributed by atoms with Crippen molar-refractivity contribution in [3.8, 4) is 0 Å². The van der Waals surface area contributed by atoms with Gasteiger partial charge in [0, 0.05) is 18.6 Å². The number of hydrogen-bond acceptors (Lipinski definition) is 4. The molecular weight excluding hydrogens is 254 g/mol. The molecule has 0 bridgehead atoms. The molecule has 6 nitrogen and oxygen atoms in total. The van der Waals surface area contributed by atoms with Gasteiger partial charge in [-0.2, -0.15) is 0 Å². The van der Waals surface area contributed by atoms with E-state index < -0.39 is 0 Å². The van der Waals surface area contributed by atoms with Gasteiger partial charge in [-0.15, -0.1) is 5.10 Å². The molecule has 0 aromatic carbocycles. The summed E-state index contributed by atoms with van der Waals surface area (Å²) < 4.78 is 1.51. The Balaban J connectivity index is 1.98. The lowest BCUT2D eigenvalue weighted by atomic mass is 10.0. The average Bonchev–Trinajstić information content (AvgIpc) is 2.97. The molecule has 2 rings (SSSR count). The molecule has 2 aromatic heterocycles. The van der Waals surface area contributed by atoms with Crippen LogP contribution < -0.4 is 5.32 Å². The smallest absolute Gasteiger partial charge is 0.242 e. The minimum atomic E-state index is -0.0690. The third-order valence-corrected chi connectivity index (χ3v) is 3.05. The van der Waals surface area contributed by atoms with Gasteiger partial charge in [0.1, 0.15) is 6.54 Å². The van der Waals surface area contributed by atoms with Gasteiger partial charge in [0.05, 0.1) is 12.2 Å². The number of amides is 1. The van der Waals surface area contributed by atoms with Crippen molar-refractivity contribution in [3.63, 3.8) is 0 Å². The van der Waals surface area contributed by atoms with Crippen LogP contribution in [0.1, 0.15) is 37.8 Å². The van der Waals surface area contributed by atoms with Crippen LogP contribution in [0.4, 0.5) is 0 Å². The lowest BCUT2D eigenvalue weighted by molar-refractivity contribution is -0.122. The van der Waals surface area contributed by atoms with Gasteiger partial charge in [-0.05, 0) is 18.1 Å². The topological polar surface area (TPSA) is 72.7 Å². The first kappa shape index (κ1) is 14.2. The predicted molar refractivity (Wildman–Crippen MR) is 74.7 cm³/mol. The number of rotatable bonds is 7. The van der Waals surface area contributed by atoms with Crippen molar-refractivity contribution in [2.24, 2.45) is 0 Å². The molecule has 0 aliphatic carbocycles. The summed E-state index contributed by atoms with van der Waals surface area (Å²) in [4.78, 5) is 16.2. The molecule has 0 spiro atoms. The van der Waals surface area contributed by atoms with Crippen LogP contribution in [0.5, 0.6) is 0 Å². The van der Waals surface area contributed by atoms with Gasteiger partial charge < -0.3 is 5.32 Å². The molecule has 106 valence electrons. The standard InChI is InChI=1S/C14H19N5O/c1-2-3-6-13(12-5-4-7-15-10-12)17-14(20)11-19-9-8-16-18-19/h4-5,7-10,13H,2-3,6,11H2,1H3,(H,17,20). The molecule has 0 saturated heterocycles. The second-order valence-corrected chi connectivity index (χ2v) is 4.65. The molecule has 6 heteroatoms. The summed E-state index contributed by atoms with van der Waals surface area (Å²) in [7, 11) is 0. The van der Waals surface area contributed by atoms with Gasteiger partial charge in [-0.1, -0.05) is 31.0 Å². The summed E-state index contributed by atoms with van der Waals surface area (Å²) in [5, 5.41) is 10.5. The van der Waals surface area contributed by atoms with Gasteiger partial charge in [0.2, 0.25) is 5.91 Å². The highest BCUT2D eigenvalue weighted by Gasteiger charge is 2.14. The highest BCUT2D eigenvalue weighted by Crippen LogP contribution is 2.18. The van der Waals surface area contributed by atoms with Crippen molar-refractivity contribution >= 4 is 5.91 Å². The van der Waals surface area contributed by atoms with Crippen molar-refractivity contribution in [3.05, 3.63) is 42.5 Å². The fourth-order valence-electron chi connectivity index (χ4n) is 2.02. The van der Waals surface area contributed by atoms with Crippen LogP contribution in [-0.4, -0.2) is 25.9 Å². The first-order chi connectivity index (χ1) is 9.79. The Morgan fingerprint density at radius 3 is 3.00 bits per heavy atom. The second-order valence-electron chi connectivity index (χ2n) is 4.65. The van der Waals surface area contributed by atoms with Crippen molar-refractivity contribution in [1.82, 2.24) is 25.3 Å². The maximum Gasteiger partial charge on any atom is 0.242 e. The summed E-state index contributed by atoms with van der Waals surface area (Å²) in [6.45, 7) is 2.32. The molecule has 0 fully saturated rings. The number of unbranched alkanes of at least 4 members (excludes halogenated alkanes) is 1. The third-order valence-electron chi connectivity index (χ3n) is 3.05. The summed E-state index contributed by atoms with van der Waals surface area (Å²) in [6.07, 6.45) is 9.82. The number of carbonyl (C=O) groups is 1. The zero-order valence-electron chi connectivity index (χ0n) is 11.6. The largest absolute Gasteiger partial charge is 0.348 e. The van der Waals surface area contributed by atoms with Gasteiger partial charge in [-0.25, -0.2) is 4.68 Å². The minimum absolute atomic E-state index is 0.000304. The van der Waals surface area contributed by atoms with Crippen molar-refractivity contribution < 1.29 is 4.79 Å². The summed E-state index contributed by atoms with van der Waals surface area (Å²) in [5.41, 5.74) is 1.04. The first-order valence-electron chi connectivity index (χ1n) is 6.83. The van der Waals surface area contributed by atoms with E-state index >= 15 is 0 Å². The van der Waals surface area contributed by atoms with E-state index in [-0.39, 0.29) is 18.5 Å². The van der Waals surface area contributed by atoms with E-state index in [1.165, 1.54) is 4.68 Å². The summed E-state index contributed by atoms with van der Waals surface area (Å²) in [6, 6.07) is 3.88. The molecule has 1 N–H and O–H groups in total. The number of pyridine rings is 1. The van der Waals surface area contributed by atoms with Crippen molar-refractivity contribution in [2.75, 3.05) is 0 Å². The summed E-state index contributed by atoms with van der Waals surface area (Å²) >= 11 is 0. The molecule has 2 aromatic rings. The monoisotopic (exact) mass is 273 g/mol. The van der Waals surface area contributed by atoms with E-state index in [0.29, 0.717) is 0 Å². The fourth-order valence-corrected chi connectivity index (χ4v) is 2.02. The number of nitrogens with zero attached hydrogens (tertiary/aromatic N) is 4. The van der Waals surface area contributed by atoms with Crippen LogP contribution in [0.15, 0.2) is 36.9 Å². The normalized spacial score (nSPS) is 12.1. The van der Waals surface area contributed by atoms with Crippen LogP contribution in [0, 0.1) is 0 Å². The molecule has 0 saturated carbocycles. The Bertz CT molecular complexity index is 512. The van der Waals surface area contributed by atoms with E-state index in [1.54, 1.807) is 24.8 Å². The highest BCUT2D eigenvalue weighted by atomic mass is 16.2. The third kappa shape index (κ3) is 4.15. The van der Waals surface area contributed by atoms with Crippen LogP contribution in [-0.2, 0) is 11.3 Å². The quantitative estimate of drug-likeness (QED) is 0.833. The number of hydrogen-bond donors (Lipinski definition) is 1. The molecule has 0 aliphatic rings. The van der Waals surface area contributed by atoms with E-state index in [4.69, 9.17) is 0 Å². The predicted octanol–water partition coefficient (Wildman–Crippen LogP) is 1.72. The van der Waals surface area contributed by atoms with Gasteiger partial charge in [0.15, 0.2) is 0 Å². The first-order valence-corrected chi connectivity index (χ1v) is 6.83. The molecule has 1 atom stereocenters. The lowest BCUT2D eigenvalue weighted by Gasteiger charge is -2.18. The van der Waals surface area contributed by atoms with E-state index in [9.17, 15) is 4.79 Å². The molecule has 20 heavy (non-hydrogen) atoms. The maximum absolute atomic E-state index is 12.0. The van der Waals surface area contributed by atoms with Gasteiger partial charge in [-0.3, -0.25) is 9.78 Å². The van der Waals surface area contributed by atoms with Gasteiger partial charge in [0.25, 0.3) is 0 Å². The van der Waals surface area contributed by atoms with Crippen LogP contribution in [0.25, 0.3) is 0 Å². The molecule has 2 heterocycles. The van der Waals surface area contributed by atoms with Crippen LogP contribution in [0.2, 0.25) is 0 Å². The summed E-state index contributed by atoms with van der Waals surface area (Å²) in [5.74, 6) is -0.0690. The van der Waals surface area contributed by atoms with Crippen molar-refractivity contribution in [1.29, 1.82) is 0 Å². The highest BCUT2D eigenvalue weighted by molar-refractivity contribution is 5.76. The molecule has 0 radical (unpaired) electrons. The average molecular weight is 273 g/mol. The number of carbonyl (C=O) groups excluding carboxylic acids is 1. The zero-order chi connectivity index (χ0) is 14.2. The van der Waals surface area contributed by atoms with Gasteiger partial charge >= 0.3 is 0 Å². The van der Waals surface area contributed by atoms with E-state index in [1.807, 2.05) is 12.1 Å². The Hall–Kier alpha value is -2.24. The van der Waals surface area contributed by atoms with E-state index in [2.05, 4.69) is 27.5 Å². The Labute approximate surface area is 118 Å².